The number of aromatic nitrogens is 2. The fourth-order valence-corrected chi connectivity index (χ4v) is 1.70. The second-order valence-electron chi connectivity index (χ2n) is 4.55. The molecule has 0 aromatic carbocycles. The van der Waals surface area contributed by atoms with Crippen molar-refractivity contribution < 1.29 is 0 Å². The molecule has 92 valence electrons. The van der Waals surface area contributed by atoms with Gasteiger partial charge in [0, 0.05) is 18.7 Å². The molecule has 1 aromatic heterocycles. The molecule has 3 heteroatoms. The summed E-state index contributed by atoms with van der Waals surface area (Å²) in [6.07, 6.45) is 4.89. The number of rotatable bonds is 7. The van der Waals surface area contributed by atoms with E-state index in [1.807, 2.05) is 0 Å². The minimum atomic E-state index is 0.515. The van der Waals surface area contributed by atoms with Crippen molar-refractivity contribution in [2.45, 2.75) is 66.0 Å². The van der Waals surface area contributed by atoms with Crippen LogP contribution in [0.1, 0.15) is 52.1 Å². The molecule has 1 atom stereocenters. The van der Waals surface area contributed by atoms with Gasteiger partial charge in [0.1, 0.15) is 5.82 Å². The summed E-state index contributed by atoms with van der Waals surface area (Å²) in [4.78, 5) is 0. The molecule has 0 saturated carbocycles. The molecule has 0 spiro atoms. The predicted molar refractivity (Wildman–Crippen MR) is 69.9 cm³/mol. The van der Waals surface area contributed by atoms with Crippen LogP contribution in [0.3, 0.4) is 0 Å². The lowest BCUT2D eigenvalue weighted by Crippen LogP contribution is -2.17. The fraction of sp³-hybridized carbons (Fsp3) is 0.769. The third-order valence-corrected chi connectivity index (χ3v) is 2.88. The van der Waals surface area contributed by atoms with Crippen molar-refractivity contribution in [3.8, 4) is 0 Å². The summed E-state index contributed by atoms with van der Waals surface area (Å²) in [5.74, 6) is 1.17. The molecule has 1 aromatic rings. The van der Waals surface area contributed by atoms with Crippen LogP contribution in [0.15, 0.2) is 6.07 Å². The molecular formula is C13H25N3. The average molecular weight is 223 g/mol. The summed E-state index contributed by atoms with van der Waals surface area (Å²) in [7, 11) is 0. The second kappa shape index (κ2) is 6.56. The van der Waals surface area contributed by atoms with Gasteiger partial charge in [-0.3, -0.25) is 0 Å². The van der Waals surface area contributed by atoms with Gasteiger partial charge in [-0.25, -0.2) is 4.68 Å². The average Bonchev–Trinajstić information content (AvgIpc) is 2.59. The van der Waals surface area contributed by atoms with Gasteiger partial charge >= 0.3 is 0 Å². The second-order valence-corrected chi connectivity index (χ2v) is 4.55. The summed E-state index contributed by atoms with van der Waals surface area (Å²) < 4.78 is 2.11. The Morgan fingerprint density at radius 3 is 2.75 bits per heavy atom. The molecule has 0 fully saturated rings. The van der Waals surface area contributed by atoms with E-state index in [9.17, 15) is 0 Å². The molecule has 0 aliphatic carbocycles. The van der Waals surface area contributed by atoms with E-state index in [1.54, 1.807) is 0 Å². The molecule has 1 rings (SSSR count). The number of hydrogen-bond donors (Lipinski definition) is 1. The topological polar surface area (TPSA) is 29.9 Å². The highest BCUT2D eigenvalue weighted by Gasteiger charge is 2.07. The number of hydrogen-bond acceptors (Lipinski definition) is 2. The predicted octanol–water partition coefficient (Wildman–Crippen LogP) is 3.59. The number of nitrogens with zero attached hydrogens (tertiary/aromatic N) is 2. The van der Waals surface area contributed by atoms with Crippen LogP contribution in [0.5, 0.6) is 0 Å². The van der Waals surface area contributed by atoms with E-state index in [-0.39, 0.29) is 0 Å². The Kier molecular flexibility index (Phi) is 5.36. The minimum absolute atomic E-state index is 0.515. The van der Waals surface area contributed by atoms with E-state index >= 15 is 0 Å². The Balaban J connectivity index is 2.60. The standard InChI is InChI=1S/C13H25N3/c1-5-7-8-9-16-13(10-12(4)15-16)14-11(3)6-2/h10-11,14H,5-9H2,1-4H3. The van der Waals surface area contributed by atoms with E-state index in [0.717, 1.165) is 18.7 Å². The molecule has 16 heavy (non-hydrogen) atoms. The molecule has 0 radical (unpaired) electrons. The first-order chi connectivity index (χ1) is 7.67. The smallest absolute Gasteiger partial charge is 0.124 e. The first-order valence-corrected chi connectivity index (χ1v) is 6.48. The van der Waals surface area contributed by atoms with Gasteiger partial charge in [-0.15, -0.1) is 0 Å². The largest absolute Gasteiger partial charge is 0.368 e. The highest BCUT2D eigenvalue weighted by atomic mass is 15.3. The molecular weight excluding hydrogens is 198 g/mol. The number of anilines is 1. The van der Waals surface area contributed by atoms with Crippen molar-refractivity contribution in [1.29, 1.82) is 0 Å². The lowest BCUT2D eigenvalue weighted by molar-refractivity contribution is 0.551. The van der Waals surface area contributed by atoms with Gasteiger partial charge in [-0.2, -0.15) is 5.10 Å². The van der Waals surface area contributed by atoms with E-state index in [4.69, 9.17) is 0 Å². The summed E-state index contributed by atoms with van der Waals surface area (Å²) >= 11 is 0. The minimum Gasteiger partial charge on any atom is -0.368 e. The zero-order valence-corrected chi connectivity index (χ0v) is 11.1. The maximum absolute atomic E-state index is 4.52. The fourth-order valence-electron chi connectivity index (χ4n) is 1.70. The van der Waals surface area contributed by atoms with Crippen molar-refractivity contribution in [1.82, 2.24) is 9.78 Å². The lowest BCUT2D eigenvalue weighted by Gasteiger charge is -2.14. The van der Waals surface area contributed by atoms with Crippen LogP contribution in [0.25, 0.3) is 0 Å². The van der Waals surface area contributed by atoms with E-state index in [0.29, 0.717) is 6.04 Å². The monoisotopic (exact) mass is 223 g/mol. The van der Waals surface area contributed by atoms with Crippen LogP contribution in [0.2, 0.25) is 0 Å². The summed E-state index contributed by atoms with van der Waals surface area (Å²) in [5.41, 5.74) is 1.10. The van der Waals surface area contributed by atoms with Gasteiger partial charge in [0.2, 0.25) is 0 Å². The molecule has 0 amide bonds. The molecule has 3 nitrogen and oxygen atoms in total. The molecule has 1 heterocycles. The van der Waals surface area contributed by atoms with Gasteiger partial charge in [0.05, 0.1) is 5.69 Å². The molecule has 0 aliphatic rings. The van der Waals surface area contributed by atoms with Crippen molar-refractivity contribution in [2.24, 2.45) is 0 Å². The highest BCUT2D eigenvalue weighted by molar-refractivity contribution is 5.37. The summed E-state index contributed by atoms with van der Waals surface area (Å²) in [5, 5.41) is 8.03. The maximum atomic E-state index is 4.52. The molecule has 1 unspecified atom stereocenters. The van der Waals surface area contributed by atoms with E-state index in [1.165, 1.54) is 25.1 Å². The molecule has 0 aliphatic heterocycles. The normalized spacial score (nSPS) is 12.8. The number of aryl methyl sites for hydroxylation is 2. The van der Waals surface area contributed by atoms with Crippen molar-refractivity contribution in [3.05, 3.63) is 11.8 Å². The molecule has 0 saturated heterocycles. The quantitative estimate of drug-likeness (QED) is 0.716. The van der Waals surface area contributed by atoms with Gasteiger partial charge in [0.25, 0.3) is 0 Å². The first-order valence-electron chi connectivity index (χ1n) is 6.48. The Morgan fingerprint density at radius 1 is 1.38 bits per heavy atom. The Labute approximate surface area is 99.2 Å². The third-order valence-electron chi connectivity index (χ3n) is 2.88. The van der Waals surface area contributed by atoms with Crippen molar-refractivity contribution >= 4 is 5.82 Å². The summed E-state index contributed by atoms with van der Waals surface area (Å²) in [6, 6.07) is 2.65. The Hall–Kier alpha value is -0.990. The molecule has 0 bridgehead atoms. The van der Waals surface area contributed by atoms with Gasteiger partial charge in [-0.1, -0.05) is 26.7 Å². The van der Waals surface area contributed by atoms with Gasteiger partial charge in [-0.05, 0) is 26.7 Å². The first kappa shape index (κ1) is 13.1. The molecule has 1 N–H and O–H groups in total. The van der Waals surface area contributed by atoms with Crippen LogP contribution < -0.4 is 5.32 Å². The number of nitrogens with one attached hydrogen (secondary N) is 1. The van der Waals surface area contributed by atoms with E-state index in [2.05, 4.69) is 48.9 Å². The maximum Gasteiger partial charge on any atom is 0.124 e. The lowest BCUT2D eigenvalue weighted by atomic mass is 10.2. The Morgan fingerprint density at radius 2 is 2.12 bits per heavy atom. The third kappa shape index (κ3) is 3.87. The van der Waals surface area contributed by atoms with Crippen molar-refractivity contribution in [3.63, 3.8) is 0 Å². The zero-order valence-electron chi connectivity index (χ0n) is 11.1. The van der Waals surface area contributed by atoms with Crippen molar-refractivity contribution in [2.75, 3.05) is 5.32 Å². The van der Waals surface area contributed by atoms with Crippen LogP contribution in [-0.4, -0.2) is 15.8 Å². The van der Waals surface area contributed by atoms with E-state index < -0.39 is 0 Å². The summed E-state index contributed by atoms with van der Waals surface area (Å²) in [6.45, 7) is 9.71. The number of unbranched alkanes of at least 4 members (excludes halogenated alkanes) is 2. The van der Waals surface area contributed by atoms with Crippen LogP contribution >= 0.6 is 0 Å². The zero-order chi connectivity index (χ0) is 12.0. The van der Waals surface area contributed by atoms with Crippen LogP contribution in [-0.2, 0) is 6.54 Å². The van der Waals surface area contributed by atoms with Crippen LogP contribution in [0, 0.1) is 6.92 Å². The Bertz CT molecular complexity index is 304. The van der Waals surface area contributed by atoms with Crippen LogP contribution in [0.4, 0.5) is 5.82 Å². The van der Waals surface area contributed by atoms with Gasteiger partial charge in [0.15, 0.2) is 0 Å². The SMILES string of the molecule is CCCCCn1nc(C)cc1NC(C)CC. The van der Waals surface area contributed by atoms with Gasteiger partial charge < -0.3 is 5.32 Å². The highest BCUT2D eigenvalue weighted by Crippen LogP contribution is 2.13.